The summed E-state index contributed by atoms with van der Waals surface area (Å²) >= 11 is 0. The molecule has 0 N–H and O–H groups in total. The lowest BCUT2D eigenvalue weighted by atomic mass is 10.3. The minimum Gasteiger partial charge on any atom is -0.343 e. The fourth-order valence-corrected chi connectivity index (χ4v) is 2.06. The van der Waals surface area contributed by atoms with E-state index in [4.69, 9.17) is 0 Å². The SMILES string of the molecule is CN(C)C(=O)c1nc2cccnc2n(C2CC2)c1=O. The maximum atomic E-state index is 12.4. The zero-order chi connectivity index (χ0) is 13.6. The Hall–Kier alpha value is -2.24. The highest BCUT2D eigenvalue weighted by Crippen LogP contribution is 2.35. The van der Waals surface area contributed by atoms with Gasteiger partial charge in [0, 0.05) is 26.3 Å². The number of aromatic nitrogens is 3. The summed E-state index contributed by atoms with van der Waals surface area (Å²) in [5.74, 6) is -0.370. The molecule has 0 saturated heterocycles. The van der Waals surface area contributed by atoms with Crippen molar-refractivity contribution in [2.45, 2.75) is 18.9 Å². The van der Waals surface area contributed by atoms with Crippen LogP contribution in [0.15, 0.2) is 23.1 Å². The Morgan fingerprint density at radius 3 is 2.79 bits per heavy atom. The van der Waals surface area contributed by atoms with Crippen LogP contribution < -0.4 is 5.56 Å². The van der Waals surface area contributed by atoms with Crippen molar-refractivity contribution in [3.8, 4) is 0 Å². The minimum absolute atomic E-state index is 0.0302. The summed E-state index contributed by atoms with van der Waals surface area (Å²) in [6, 6.07) is 3.68. The van der Waals surface area contributed by atoms with Crippen LogP contribution >= 0.6 is 0 Å². The molecule has 1 aliphatic carbocycles. The quantitative estimate of drug-likeness (QED) is 0.800. The molecule has 1 saturated carbocycles. The van der Waals surface area contributed by atoms with Crippen LogP contribution in [-0.4, -0.2) is 39.4 Å². The largest absolute Gasteiger partial charge is 0.343 e. The van der Waals surface area contributed by atoms with E-state index in [0.29, 0.717) is 11.2 Å². The van der Waals surface area contributed by atoms with E-state index in [-0.39, 0.29) is 23.2 Å². The van der Waals surface area contributed by atoms with Gasteiger partial charge in [0.05, 0.1) is 0 Å². The first-order valence-electron chi connectivity index (χ1n) is 6.18. The van der Waals surface area contributed by atoms with Crippen molar-refractivity contribution in [2.24, 2.45) is 0 Å². The topological polar surface area (TPSA) is 68.1 Å². The first-order chi connectivity index (χ1) is 9.09. The molecule has 2 aromatic rings. The maximum absolute atomic E-state index is 12.4. The number of nitrogens with zero attached hydrogens (tertiary/aromatic N) is 4. The molecule has 0 unspecified atom stereocenters. The Morgan fingerprint density at radius 2 is 2.16 bits per heavy atom. The van der Waals surface area contributed by atoms with Crippen LogP contribution in [0.5, 0.6) is 0 Å². The zero-order valence-electron chi connectivity index (χ0n) is 10.8. The molecule has 6 nitrogen and oxygen atoms in total. The van der Waals surface area contributed by atoms with Gasteiger partial charge in [-0.05, 0) is 25.0 Å². The second-order valence-corrected chi connectivity index (χ2v) is 4.91. The molecule has 0 radical (unpaired) electrons. The van der Waals surface area contributed by atoms with E-state index >= 15 is 0 Å². The van der Waals surface area contributed by atoms with Gasteiger partial charge in [0.15, 0.2) is 11.3 Å². The predicted octanol–water partition coefficient (Wildman–Crippen LogP) is 0.828. The number of amides is 1. The van der Waals surface area contributed by atoms with E-state index in [1.165, 1.54) is 4.90 Å². The third kappa shape index (κ3) is 1.89. The van der Waals surface area contributed by atoms with Gasteiger partial charge in [-0.25, -0.2) is 9.97 Å². The molecule has 0 atom stereocenters. The molecular weight excluding hydrogens is 244 g/mol. The van der Waals surface area contributed by atoms with Gasteiger partial charge in [-0.15, -0.1) is 0 Å². The number of carbonyl (C=O) groups is 1. The standard InChI is InChI=1S/C13H14N4O2/c1-16(2)12(18)10-13(19)17(8-5-6-8)11-9(15-10)4-3-7-14-11/h3-4,7-8H,5-6H2,1-2H3. The predicted molar refractivity (Wildman–Crippen MR) is 70.1 cm³/mol. The molecule has 19 heavy (non-hydrogen) atoms. The lowest BCUT2D eigenvalue weighted by Gasteiger charge is -2.12. The molecule has 1 amide bonds. The summed E-state index contributed by atoms with van der Waals surface area (Å²) in [5, 5.41) is 0. The van der Waals surface area contributed by atoms with E-state index in [0.717, 1.165) is 12.8 Å². The number of hydrogen-bond acceptors (Lipinski definition) is 4. The summed E-state index contributed by atoms with van der Waals surface area (Å²) in [7, 11) is 3.22. The van der Waals surface area contributed by atoms with Gasteiger partial charge in [-0.1, -0.05) is 0 Å². The Balaban J connectivity index is 2.33. The van der Waals surface area contributed by atoms with Crippen LogP contribution in [0.1, 0.15) is 29.4 Å². The molecule has 98 valence electrons. The zero-order valence-corrected chi connectivity index (χ0v) is 10.8. The fourth-order valence-electron chi connectivity index (χ4n) is 2.06. The second-order valence-electron chi connectivity index (χ2n) is 4.91. The van der Waals surface area contributed by atoms with E-state index in [1.54, 1.807) is 37.0 Å². The lowest BCUT2D eigenvalue weighted by Crippen LogP contribution is -2.34. The molecule has 1 aliphatic rings. The van der Waals surface area contributed by atoms with Crippen molar-refractivity contribution in [2.75, 3.05) is 14.1 Å². The van der Waals surface area contributed by atoms with Crippen LogP contribution in [0.25, 0.3) is 11.2 Å². The summed E-state index contributed by atoms with van der Waals surface area (Å²) in [6.45, 7) is 0. The Bertz CT molecular complexity index is 716. The van der Waals surface area contributed by atoms with Gasteiger partial charge in [0.2, 0.25) is 0 Å². The lowest BCUT2D eigenvalue weighted by molar-refractivity contribution is 0.0820. The number of fused-ring (bicyclic) bond motifs is 1. The van der Waals surface area contributed by atoms with Gasteiger partial charge >= 0.3 is 0 Å². The van der Waals surface area contributed by atoms with E-state index < -0.39 is 0 Å². The van der Waals surface area contributed by atoms with Crippen molar-refractivity contribution in [1.82, 2.24) is 19.4 Å². The molecule has 0 aliphatic heterocycles. The third-order valence-electron chi connectivity index (χ3n) is 3.17. The Kier molecular flexibility index (Phi) is 2.58. The highest BCUT2D eigenvalue weighted by Gasteiger charge is 2.30. The highest BCUT2D eigenvalue weighted by atomic mass is 16.2. The number of pyridine rings is 1. The van der Waals surface area contributed by atoms with Gasteiger partial charge in [-0.3, -0.25) is 14.2 Å². The summed E-state index contributed by atoms with van der Waals surface area (Å²) in [4.78, 5) is 34.2. The normalized spacial score (nSPS) is 14.6. The summed E-state index contributed by atoms with van der Waals surface area (Å²) in [5.41, 5.74) is 0.773. The Morgan fingerprint density at radius 1 is 1.42 bits per heavy atom. The minimum atomic E-state index is -0.370. The first-order valence-corrected chi connectivity index (χ1v) is 6.18. The van der Waals surface area contributed by atoms with E-state index in [1.807, 2.05) is 0 Å². The smallest absolute Gasteiger partial charge is 0.284 e. The molecule has 0 aromatic carbocycles. The van der Waals surface area contributed by atoms with Crippen molar-refractivity contribution in [3.05, 3.63) is 34.4 Å². The molecule has 2 heterocycles. The monoisotopic (exact) mass is 258 g/mol. The average molecular weight is 258 g/mol. The third-order valence-corrected chi connectivity index (χ3v) is 3.17. The number of hydrogen-bond donors (Lipinski definition) is 0. The average Bonchev–Trinajstić information content (AvgIpc) is 3.21. The molecule has 6 heteroatoms. The van der Waals surface area contributed by atoms with Crippen LogP contribution in [0.4, 0.5) is 0 Å². The van der Waals surface area contributed by atoms with Gasteiger partial charge in [-0.2, -0.15) is 0 Å². The van der Waals surface area contributed by atoms with Crippen molar-refractivity contribution in [1.29, 1.82) is 0 Å². The van der Waals surface area contributed by atoms with Crippen LogP contribution in [0.2, 0.25) is 0 Å². The van der Waals surface area contributed by atoms with Crippen molar-refractivity contribution < 1.29 is 4.79 Å². The second kappa shape index (κ2) is 4.15. The summed E-state index contributed by atoms with van der Waals surface area (Å²) < 4.78 is 1.61. The number of carbonyl (C=O) groups excluding carboxylic acids is 1. The fraction of sp³-hybridized carbons (Fsp3) is 0.385. The molecule has 0 bridgehead atoms. The van der Waals surface area contributed by atoms with Crippen molar-refractivity contribution in [3.63, 3.8) is 0 Å². The summed E-state index contributed by atoms with van der Waals surface area (Å²) in [6.07, 6.45) is 3.53. The maximum Gasteiger partial charge on any atom is 0.284 e. The Labute approximate surface area is 109 Å². The molecule has 0 spiro atoms. The first kappa shape index (κ1) is 11.8. The van der Waals surface area contributed by atoms with E-state index in [2.05, 4.69) is 9.97 Å². The number of rotatable bonds is 2. The van der Waals surface area contributed by atoms with Gasteiger partial charge in [0.25, 0.3) is 11.5 Å². The molecule has 3 rings (SSSR count). The molecule has 2 aromatic heterocycles. The molecule has 1 fully saturated rings. The highest BCUT2D eigenvalue weighted by molar-refractivity contribution is 5.93. The van der Waals surface area contributed by atoms with Gasteiger partial charge < -0.3 is 4.90 Å². The van der Waals surface area contributed by atoms with Crippen LogP contribution in [0, 0.1) is 0 Å². The van der Waals surface area contributed by atoms with Crippen molar-refractivity contribution >= 4 is 17.1 Å². The van der Waals surface area contributed by atoms with Crippen LogP contribution in [0.3, 0.4) is 0 Å². The molecular formula is C13H14N4O2. The van der Waals surface area contributed by atoms with Gasteiger partial charge in [0.1, 0.15) is 5.52 Å². The van der Waals surface area contributed by atoms with E-state index in [9.17, 15) is 9.59 Å². The van der Waals surface area contributed by atoms with Crippen LogP contribution in [-0.2, 0) is 0 Å².